The van der Waals surface area contributed by atoms with E-state index in [-0.39, 0.29) is 11.6 Å². The van der Waals surface area contributed by atoms with Crippen LogP contribution in [0.3, 0.4) is 0 Å². The predicted molar refractivity (Wildman–Crippen MR) is 107 cm³/mol. The van der Waals surface area contributed by atoms with Crippen LogP contribution in [-0.2, 0) is 0 Å². The minimum absolute atomic E-state index is 0.0314. The number of nitrogens with zero attached hydrogens (tertiary/aromatic N) is 2. The van der Waals surface area contributed by atoms with Crippen LogP contribution in [0.4, 0.5) is 14.6 Å². The van der Waals surface area contributed by atoms with E-state index in [1.54, 1.807) is 18.3 Å². The summed E-state index contributed by atoms with van der Waals surface area (Å²) in [6, 6.07) is 10.7. The van der Waals surface area contributed by atoms with Crippen molar-refractivity contribution in [1.82, 2.24) is 15.0 Å². The molecule has 0 unspecified atom stereocenters. The Hall–Kier alpha value is -2.54. The van der Waals surface area contributed by atoms with Crippen molar-refractivity contribution in [2.24, 2.45) is 0 Å². The van der Waals surface area contributed by atoms with Crippen LogP contribution in [0.5, 0.6) is 0 Å². The summed E-state index contributed by atoms with van der Waals surface area (Å²) in [7, 11) is 0. The van der Waals surface area contributed by atoms with Gasteiger partial charge in [-0.3, -0.25) is 0 Å². The number of aryl methyl sites for hydroxylation is 1. The van der Waals surface area contributed by atoms with E-state index in [4.69, 9.17) is 0 Å². The molecule has 138 valence electrons. The molecule has 0 bridgehead atoms. The number of aromatic amines is 1. The summed E-state index contributed by atoms with van der Waals surface area (Å²) >= 11 is 3.47. The summed E-state index contributed by atoms with van der Waals surface area (Å²) in [6.07, 6.45) is -0.856. The second-order valence-electron chi connectivity index (χ2n) is 6.50. The largest absolute Gasteiger partial charge is 0.363 e. The molecule has 0 aliphatic heterocycles. The van der Waals surface area contributed by atoms with Crippen molar-refractivity contribution in [3.63, 3.8) is 0 Å². The number of hydrogen-bond acceptors (Lipinski definition) is 3. The summed E-state index contributed by atoms with van der Waals surface area (Å²) in [5.41, 5.74) is 2.32. The minimum Gasteiger partial charge on any atom is -0.363 e. The minimum atomic E-state index is -2.53. The maximum absolute atomic E-state index is 13.5. The van der Waals surface area contributed by atoms with E-state index in [1.807, 2.05) is 38.1 Å². The Labute approximate surface area is 163 Å². The van der Waals surface area contributed by atoms with E-state index in [2.05, 4.69) is 36.2 Å². The second kappa shape index (κ2) is 6.88. The number of alkyl halides is 2. The number of fused-ring (bicyclic) bond motifs is 2. The zero-order valence-corrected chi connectivity index (χ0v) is 16.3. The fraction of sp³-hybridized carbons (Fsp3) is 0.200. The first kappa shape index (κ1) is 17.9. The molecular formula is C20H17BrF2N4. The van der Waals surface area contributed by atoms with E-state index >= 15 is 0 Å². The Morgan fingerprint density at radius 2 is 1.89 bits per heavy atom. The molecule has 2 heterocycles. The van der Waals surface area contributed by atoms with E-state index in [0.29, 0.717) is 22.5 Å². The molecule has 1 atom stereocenters. The van der Waals surface area contributed by atoms with Crippen molar-refractivity contribution in [1.29, 1.82) is 0 Å². The molecular weight excluding hydrogens is 414 g/mol. The average molecular weight is 431 g/mol. The van der Waals surface area contributed by atoms with Gasteiger partial charge in [-0.15, -0.1) is 0 Å². The molecule has 0 amide bonds. The smallest absolute Gasteiger partial charge is 0.264 e. The Morgan fingerprint density at radius 1 is 1.07 bits per heavy atom. The molecule has 2 aromatic carbocycles. The van der Waals surface area contributed by atoms with Gasteiger partial charge in [-0.2, -0.15) is 0 Å². The zero-order valence-electron chi connectivity index (χ0n) is 14.7. The standard InChI is InChI=1S/C20H17BrF2N4/c1-10(12-7-15(19(22)23)14-5-6-24-18(14)8-12)25-20-16-9-13(21)3-4-17(16)26-11(2)27-20/h3-10,19,24H,1-2H3,(H,25,26,27)/t10-/m1/s1. The third-order valence-corrected chi connectivity index (χ3v) is 5.07. The highest BCUT2D eigenvalue weighted by molar-refractivity contribution is 9.10. The molecule has 0 spiro atoms. The Kier molecular flexibility index (Phi) is 4.55. The average Bonchev–Trinajstić information content (AvgIpc) is 3.09. The van der Waals surface area contributed by atoms with Crippen LogP contribution in [0.2, 0.25) is 0 Å². The molecule has 27 heavy (non-hydrogen) atoms. The summed E-state index contributed by atoms with van der Waals surface area (Å²) in [5, 5.41) is 4.78. The van der Waals surface area contributed by atoms with Crippen molar-refractivity contribution in [3.05, 3.63) is 64.0 Å². The van der Waals surface area contributed by atoms with Gasteiger partial charge in [0.25, 0.3) is 6.43 Å². The van der Waals surface area contributed by atoms with Crippen LogP contribution >= 0.6 is 15.9 Å². The van der Waals surface area contributed by atoms with Gasteiger partial charge in [0.1, 0.15) is 11.6 Å². The highest BCUT2D eigenvalue weighted by atomic mass is 79.9. The van der Waals surface area contributed by atoms with E-state index in [0.717, 1.165) is 20.9 Å². The fourth-order valence-corrected chi connectivity index (χ4v) is 3.63. The topological polar surface area (TPSA) is 53.6 Å². The lowest BCUT2D eigenvalue weighted by Crippen LogP contribution is -2.10. The van der Waals surface area contributed by atoms with Gasteiger partial charge in [-0.05, 0) is 55.8 Å². The molecule has 0 aliphatic carbocycles. The molecule has 2 N–H and O–H groups in total. The Morgan fingerprint density at radius 3 is 2.67 bits per heavy atom. The lowest BCUT2D eigenvalue weighted by molar-refractivity contribution is 0.153. The summed E-state index contributed by atoms with van der Waals surface area (Å²) in [4.78, 5) is 12.0. The molecule has 4 rings (SSSR count). The normalized spacial score (nSPS) is 12.8. The molecule has 0 fully saturated rings. The van der Waals surface area contributed by atoms with Gasteiger partial charge in [0, 0.05) is 32.5 Å². The molecule has 0 radical (unpaired) electrons. The molecule has 7 heteroatoms. The molecule has 4 nitrogen and oxygen atoms in total. The Balaban J connectivity index is 1.76. The van der Waals surface area contributed by atoms with Crippen molar-refractivity contribution in [2.45, 2.75) is 26.3 Å². The lowest BCUT2D eigenvalue weighted by atomic mass is 10.0. The maximum Gasteiger partial charge on any atom is 0.264 e. The zero-order chi connectivity index (χ0) is 19.1. The van der Waals surface area contributed by atoms with Gasteiger partial charge in [0.05, 0.1) is 11.6 Å². The molecule has 0 saturated heterocycles. The maximum atomic E-state index is 13.5. The van der Waals surface area contributed by atoms with E-state index in [9.17, 15) is 8.78 Å². The van der Waals surface area contributed by atoms with Gasteiger partial charge >= 0.3 is 0 Å². The SMILES string of the molecule is Cc1nc(N[C@H](C)c2cc(C(F)F)c3cc[nH]c3c2)c2cc(Br)ccc2n1. The van der Waals surface area contributed by atoms with Crippen LogP contribution in [0.25, 0.3) is 21.8 Å². The van der Waals surface area contributed by atoms with Gasteiger partial charge in [-0.25, -0.2) is 18.7 Å². The second-order valence-corrected chi connectivity index (χ2v) is 7.41. The molecule has 4 aromatic rings. The van der Waals surface area contributed by atoms with Crippen molar-refractivity contribution in [3.8, 4) is 0 Å². The number of H-pyrrole nitrogens is 1. The quantitative estimate of drug-likeness (QED) is 0.399. The fourth-order valence-electron chi connectivity index (χ4n) is 3.26. The summed E-state index contributed by atoms with van der Waals surface area (Å²) in [6.45, 7) is 3.76. The van der Waals surface area contributed by atoms with Crippen LogP contribution in [0.1, 0.15) is 36.3 Å². The molecule has 0 saturated carbocycles. The number of hydrogen-bond donors (Lipinski definition) is 2. The Bertz CT molecular complexity index is 1140. The number of benzene rings is 2. The summed E-state index contributed by atoms with van der Waals surface area (Å²) in [5.74, 6) is 1.32. The number of halogens is 3. The number of rotatable bonds is 4. The highest BCUT2D eigenvalue weighted by Crippen LogP contribution is 2.33. The van der Waals surface area contributed by atoms with Crippen LogP contribution in [0, 0.1) is 6.92 Å². The van der Waals surface area contributed by atoms with Crippen molar-refractivity contribution < 1.29 is 8.78 Å². The first-order chi connectivity index (χ1) is 12.9. The van der Waals surface area contributed by atoms with Crippen molar-refractivity contribution in [2.75, 3.05) is 5.32 Å². The van der Waals surface area contributed by atoms with Crippen LogP contribution in [-0.4, -0.2) is 15.0 Å². The van der Waals surface area contributed by atoms with Gasteiger partial charge in [0.2, 0.25) is 0 Å². The molecule has 2 aromatic heterocycles. The molecule has 0 aliphatic rings. The number of anilines is 1. The first-order valence-electron chi connectivity index (χ1n) is 8.52. The summed E-state index contributed by atoms with van der Waals surface area (Å²) < 4.78 is 27.9. The van der Waals surface area contributed by atoms with Gasteiger partial charge in [-0.1, -0.05) is 15.9 Å². The van der Waals surface area contributed by atoms with Gasteiger partial charge in [0.15, 0.2) is 0 Å². The predicted octanol–water partition coefficient (Wildman–Crippen LogP) is 6.29. The first-order valence-corrected chi connectivity index (χ1v) is 9.31. The lowest BCUT2D eigenvalue weighted by Gasteiger charge is -2.18. The highest BCUT2D eigenvalue weighted by Gasteiger charge is 2.17. The third kappa shape index (κ3) is 3.39. The van der Waals surface area contributed by atoms with Crippen LogP contribution < -0.4 is 5.32 Å². The van der Waals surface area contributed by atoms with Crippen LogP contribution in [0.15, 0.2) is 47.1 Å². The third-order valence-electron chi connectivity index (χ3n) is 4.58. The van der Waals surface area contributed by atoms with Gasteiger partial charge < -0.3 is 10.3 Å². The number of aromatic nitrogens is 3. The monoisotopic (exact) mass is 430 g/mol. The van der Waals surface area contributed by atoms with E-state index in [1.165, 1.54) is 0 Å². The van der Waals surface area contributed by atoms with E-state index < -0.39 is 6.43 Å². The van der Waals surface area contributed by atoms with Crippen molar-refractivity contribution >= 4 is 43.6 Å². The number of nitrogens with one attached hydrogen (secondary N) is 2.